The number of aliphatic hydroxyl groups excluding tert-OH is 1. The predicted molar refractivity (Wildman–Crippen MR) is 66.1 cm³/mol. The summed E-state index contributed by atoms with van der Waals surface area (Å²) < 4.78 is 29.8. The maximum Gasteiger partial charge on any atom is 0.255 e. The highest BCUT2D eigenvalue weighted by atomic mass is 19.3. The summed E-state index contributed by atoms with van der Waals surface area (Å²) in [7, 11) is 1.49. The summed E-state index contributed by atoms with van der Waals surface area (Å²) in [6, 6.07) is 6.67. The van der Waals surface area contributed by atoms with Gasteiger partial charge in [0.25, 0.3) is 12.3 Å². The zero-order chi connectivity index (χ0) is 14.3. The molecule has 0 bridgehead atoms. The molecule has 4 nitrogen and oxygen atoms in total. The number of amides is 1. The van der Waals surface area contributed by atoms with E-state index in [1.807, 2.05) is 0 Å². The SMILES string of the molecule is COCc1ccccc1C(=O)N(CCO)CC(F)F. The molecule has 6 heteroatoms. The Balaban J connectivity index is 2.95. The lowest BCUT2D eigenvalue weighted by atomic mass is 10.1. The summed E-state index contributed by atoms with van der Waals surface area (Å²) in [5.41, 5.74) is 0.950. The molecule has 0 unspecified atom stereocenters. The molecule has 0 radical (unpaired) electrons. The van der Waals surface area contributed by atoms with Gasteiger partial charge in [0.1, 0.15) is 0 Å². The number of aliphatic hydroxyl groups is 1. The number of rotatable bonds is 7. The second kappa shape index (κ2) is 7.81. The molecular formula is C13H17F2NO3. The molecule has 1 aromatic carbocycles. The largest absolute Gasteiger partial charge is 0.395 e. The molecule has 0 spiro atoms. The number of hydrogen-bond donors (Lipinski definition) is 1. The summed E-state index contributed by atoms with van der Waals surface area (Å²) >= 11 is 0. The number of carbonyl (C=O) groups excluding carboxylic acids is 1. The Bertz CT molecular complexity index is 413. The van der Waals surface area contributed by atoms with Crippen LogP contribution in [0.5, 0.6) is 0 Å². The van der Waals surface area contributed by atoms with Crippen LogP contribution in [0.1, 0.15) is 15.9 Å². The number of carbonyl (C=O) groups is 1. The molecule has 1 aromatic rings. The van der Waals surface area contributed by atoms with Crippen LogP contribution in [0.15, 0.2) is 24.3 Å². The molecule has 1 rings (SSSR count). The highest BCUT2D eigenvalue weighted by Crippen LogP contribution is 2.14. The monoisotopic (exact) mass is 273 g/mol. The van der Waals surface area contributed by atoms with Gasteiger partial charge in [0, 0.05) is 19.2 Å². The maximum atomic E-state index is 12.4. The van der Waals surface area contributed by atoms with E-state index in [-0.39, 0.29) is 19.8 Å². The van der Waals surface area contributed by atoms with Crippen molar-refractivity contribution in [2.75, 3.05) is 26.8 Å². The fraction of sp³-hybridized carbons (Fsp3) is 0.462. The molecule has 0 aliphatic carbocycles. The summed E-state index contributed by atoms with van der Waals surface area (Å²) in [5.74, 6) is -0.526. The second-order valence-corrected chi connectivity index (χ2v) is 3.96. The predicted octanol–water partition coefficient (Wildman–Crippen LogP) is 1.53. The van der Waals surface area contributed by atoms with Crippen LogP contribution in [0.25, 0.3) is 0 Å². The van der Waals surface area contributed by atoms with E-state index < -0.39 is 18.9 Å². The van der Waals surface area contributed by atoms with E-state index >= 15 is 0 Å². The van der Waals surface area contributed by atoms with E-state index in [9.17, 15) is 13.6 Å². The first-order valence-corrected chi connectivity index (χ1v) is 5.85. The van der Waals surface area contributed by atoms with Crippen LogP contribution in [0.4, 0.5) is 8.78 Å². The third-order valence-electron chi connectivity index (χ3n) is 2.56. The number of hydrogen-bond acceptors (Lipinski definition) is 3. The standard InChI is InChI=1S/C13H17F2NO3/c1-19-9-10-4-2-3-5-11(10)13(18)16(6-7-17)8-12(14)15/h2-5,12,17H,6-9H2,1H3. The van der Waals surface area contributed by atoms with Gasteiger partial charge < -0.3 is 14.7 Å². The van der Waals surface area contributed by atoms with Crippen LogP contribution in [0.2, 0.25) is 0 Å². The fourth-order valence-corrected chi connectivity index (χ4v) is 1.74. The summed E-state index contributed by atoms with van der Waals surface area (Å²) in [5, 5.41) is 8.85. The van der Waals surface area contributed by atoms with E-state index in [0.29, 0.717) is 11.1 Å². The number of halogens is 2. The molecule has 1 N–H and O–H groups in total. The molecule has 0 aliphatic heterocycles. The van der Waals surface area contributed by atoms with E-state index in [1.165, 1.54) is 7.11 Å². The van der Waals surface area contributed by atoms with Crippen molar-refractivity contribution in [3.05, 3.63) is 35.4 Å². The third kappa shape index (κ3) is 4.57. The topological polar surface area (TPSA) is 49.8 Å². The zero-order valence-electron chi connectivity index (χ0n) is 10.7. The Labute approximate surface area is 110 Å². The van der Waals surface area contributed by atoms with Gasteiger partial charge in [-0.15, -0.1) is 0 Å². The van der Waals surface area contributed by atoms with Crippen LogP contribution in [0, 0.1) is 0 Å². The van der Waals surface area contributed by atoms with E-state index in [0.717, 1.165) is 4.90 Å². The van der Waals surface area contributed by atoms with E-state index in [1.54, 1.807) is 24.3 Å². The first kappa shape index (κ1) is 15.5. The molecule has 0 atom stereocenters. The Hall–Kier alpha value is -1.53. The average Bonchev–Trinajstić information content (AvgIpc) is 2.38. The first-order valence-electron chi connectivity index (χ1n) is 5.85. The second-order valence-electron chi connectivity index (χ2n) is 3.96. The molecule has 0 aliphatic rings. The maximum absolute atomic E-state index is 12.4. The highest BCUT2D eigenvalue weighted by Gasteiger charge is 2.21. The van der Waals surface area contributed by atoms with Crippen LogP contribution in [-0.4, -0.2) is 49.1 Å². The van der Waals surface area contributed by atoms with Crippen LogP contribution < -0.4 is 0 Å². The summed E-state index contributed by atoms with van der Waals surface area (Å²) in [4.78, 5) is 13.1. The Kier molecular flexibility index (Phi) is 6.38. The quantitative estimate of drug-likeness (QED) is 0.819. The van der Waals surface area contributed by atoms with E-state index in [4.69, 9.17) is 9.84 Å². The number of nitrogens with zero attached hydrogens (tertiary/aromatic N) is 1. The van der Waals surface area contributed by atoms with Crippen LogP contribution in [-0.2, 0) is 11.3 Å². The van der Waals surface area contributed by atoms with Crippen LogP contribution >= 0.6 is 0 Å². The lowest BCUT2D eigenvalue weighted by Gasteiger charge is -2.22. The lowest BCUT2D eigenvalue weighted by molar-refractivity contribution is 0.0506. The zero-order valence-corrected chi connectivity index (χ0v) is 10.7. The van der Waals surface area contributed by atoms with Crippen molar-refractivity contribution >= 4 is 5.91 Å². The van der Waals surface area contributed by atoms with Crippen LogP contribution in [0.3, 0.4) is 0 Å². The Morgan fingerprint density at radius 1 is 1.42 bits per heavy atom. The molecule has 0 fully saturated rings. The third-order valence-corrected chi connectivity index (χ3v) is 2.56. The van der Waals surface area contributed by atoms with Crippen molar-refractivity contribution < 1.29 is 23.4 Å². The van der Waals surface area contributed by atoms with Gasteiger partial charge >= 0.3 is 0 Å². The molecule has 106 valence electrons. The minimum absolute atomic E-state index is 0.121. The first-order chi connectivity index (χ1) is 9.10. The number of benzene rings is 1. The lowest BCUT2D eigenvalue weighted by Crippen LogP contribution is -2.37. The van der Waals surface area contributed by atoms with Crippen molar-refractivity contribution in [2.45, 2.75) is 13.0 Å². The molecule has 19 heavy (non-hydrogen) atoms. The van der Waals surface area contributed by atoms with Gasteiger partial charge in [0.2, 0.25) is 0 Å². The smallest absolute Gasteiger partial charge is 0.255 e. The number of methoxy groups -OCH3 is 1. The molecule has 0 saturated carbocycles. The van der Waals surface area contributed by atoms with Crippen molar-refractivity contribution in [1.82, 2.24) is 4.90 Å². The van der Waals surface area contributed by atoms with Crippen molar-refractivity contribution in [3.63, 3.8) is 0 Å². The summed E-state index contributed by atoms with van der Waals surface area (Å²) in [6.07, 6.45) is -2.63. The highest BCUT2D eigenvalue weighted by molar-refractivity contribution is 5.95. The minimum Gasteiger partial charge on any atom is -0.395 e. The van der Waals surface area contributed by atoms with Gasteiger partial charge in [0.05, 0.1) is 19.8 Å². The van der Waals surface area contributed by atoms with E-state index in [2.05, 4.69) is 0 Å². The molecular weight excluding hydrogens is 256 g/mol. The van der Waals surface area contributed by atoms with Gasteiger partial charge in [-0.05, 0) is 11.6 Å². The molecule has 0 saturated heterocycles. The molecule has 0 heterocycles. The molecule has 0 aromatic heterocycles. The van der Waals surface area contributed by atoms with Crippen molar-refractivity contribution in [3.8, 4) is 0 Å². The fourth-order valence-electron chi connectivity index (χ4n) is 1.74. The van der Waals surface area contributed by atoms with Crippen molar-refractivity contribution in [1.29, 1.82) is 0 Å². The molecule has 1 amide bonds. The number of ether oxygens (including phenoxy) is 1. The summed E-state index contributed by atoms with van der Waals surface area (Å²) in [6.45, 7) is -0.945. The van der Waals surface area contributed by atoms with Gasteiger partial charge in [-0.2, -0.15) is 0 Å². The Morgan fingerprint density at radius 3 is 2.68 bits per heavy atom. The van der Waals surface area contributed by atoms with Crippen molar-refractivity contribution in [2.24, 2.45) is 0 Å². The van der Waals surface area contributed by atoms with Gasteiger partial charge in [-0.1, -0.05) is 18.2 Å². The average molecular weight is 273 g/mol. The van der Waals surface area contributed by atoms with Gasteiger partial charge in [-0.3, -0.25) is 4.79 Å². The van der Waals surface area contributed by atoms with Gasteiger partial charge in [0.15, 0.2) is 0 Å². The Morgan fingerprint density at radius 2 is 2.11 bits per heavy atom. The van der Waals surface area contributed by atoms with Gasteiger partial charge in [-0.25, -0.2) is 8.78 Å². The normalized spacial score (nSPS) is 10.8. The minimum atomic E-state index is -2.63. The number of alkyl halides is 2.